The minimum atomic E-state index is -0.187. The van der Waals surface area contributed by atoms with Gasteiger partial charge in [0.05, 0.1) is 5.92 Å². The van der Waals surface area contributed by atoms with Gasteiger partial charge in [-0.15, -0.1) is 0 Å². The summed E-state index contributed by atoms with van der Waals surface area (Å²) < 4.78 is 0. The van der Waals surface area contributed by atoms with Crippen molar-refractivity contribution in [3.8, 4) is 0 Å². The van der Waals surface area contributed by atoms with Crippen LogP contribution in [0.4, 0.5) is 0 Å². The maximum Gasteiger partial charge on any atom is 0.228 e. The van der Waals surface area contributed by atoms with Gasteiger partial charge in [0.25, 0.3) is 0 Å². The van der Waals surface area contributed by atoms with E-state index < -0.39 is 0 Å². The quantitative estimate of drug-likeness (QED) is 0.810. The van der Waals surface area contributed by atoms with Gasteiger partial charge in [-0.25, -0.2) is 0 Å². The van der Waals surface area contributed by atoms with Crippen LogP contribution in [0.1, 0.15) is 17.5 Å². The zero-order chi connectivity index (χ0) is 17.3. The summed E-state index contributed by atoms with van der Waals surface area (Å²) in [6.45, 7) is 2.10. The fraction of sp³-hybridized carbons (Fsp3) is 0.579. The summed E-state index contributed by atoms with van der Waals surface area (Å²) >= 11 is 0. The van der Waals surface area contributed by atoms with E-state index in [0.717, 1.165) is 19.4 Å². The molecule has 0 saturated carbocycles. The van der Waals surface area contributed by atoms with E-state index in [0.29, 0.717) is 19.5 Å². The van der Waals surface area contributed by atoms with E-state index in [4.69, 9.17) is 0 Å². The molecular formula is C19H27N3O2. The van der Waals surface area contributed by atoms with Gasteiger partial charge in [-0.1, -0.05) is 24.3 Å². The first kappa shape index (κ1) is 17.0. The van der Waals surface area contributed by atoms with Gasteiger partial charge in [-0.05, 0) is 38.1 Å². The van der Waals surface area contributed by atoms with Crippen LogP contribution in [0.5, 0.6) is 0 Å². The van der Waals surface area contributed by atoms with Crippen molar-refractivity contribution in [1.29, 1.82) is 0 Å². The molecule has 0 N–H and O–H groups in total. The van der Waals surface area contributed by atoms with Gasteiger partial charge in [0.15, 0.2) is 0 Å². The van der Waals surface area contributed by atoms with E-state index in [-0.39, 0.29) is 23.8 Å². The second kappa shape index (κ2) is 6.93. The molecule has 1 heterocycles. The summed E-state index contributed by atoms with van der Waals surface area (Å²) in [7, 11) is 5.88. The molecule has 0 bridgehead atoms. The van der Waals surface area contributed by atoms with Crippen molar-refractivity contribution in [2.75, 3.05) is 40.8 Å². The summed E-state index contributed by atoms with van der Waals surface area (Å²) in [5.41, 5.74) is 2.69. The highest BCUT2D eigenvalue weighted by Crippen LogP contribution is 2.27. The lowest BCUT2D eigenvalue weighted by molar-refractivity contribution is -0.136. The molecule has 3 rings (SSSR count). The molecule has 0 aromatic heterocycles. The van der Waals surface area contributed by atoms with E-state index >= 15 is 0 Å². The monoisotopic (exact) mass is 329 g/mol. The van der Waals surface area contributed by atoms with Crippen LogP contribution in [-0.4, -0.2) is 73.3 Å². The molecular weight excluding hydrogens is 302 g/mol. The van der Waals surface area contributed by atoms with Gasteiger partial charge in [-0.2, -0.15) is 0 Å². The Morgan fingerprint density at radius 3 is 2.33 bits per heavy atom. The lowest BCUT2D eigenvalue weighted by Crippen LogP contribution is -2.42. The number of carbonyl (C=O) groups is 2. The van der Waals surface area contributed by atoms with Gasteiger partial charge in [0.2, 0.25) is 11.8 Å². The van der Waals surface area contributed by atoms with Crippen LogP contribution in [0.2, 0.25) is 0 Å². The zero-order valence-corrected chi connectivity index (χ0v) is 14.9. The molecule has 5 nitrogen and oxygen atoms in total. The minimum Gasteiger partial charge on any atom is -0.342 e. The van der Waals surface area contributed by atoms with E-state index in [1.807, 2.05) is 30.9 Å². The van der Waals surface area contributed by atoms with Crippen LogP contribution in [0.15, 0.2) is 24.3 Å². The fourth-order valence-electron chi connectivity index (χ4n) is 3.75. The SMILES string of the molecule is CN(C)CCN1C[C@H](C(=O)N(C)C2Cc3ccccc3C2)CC1=O. The summed E-state index contributed by atoms with van der Waals surface area (Å²) in [5, 5.41) is 0. The molecule has 5 heteroatoms. The van der Waals surface area contributed by atoms with Crippen molar-refractivity contribution in [2.24, 2.45) is 5.92 Å². The summed E-state index contributed by atoms with van der Waals surface area (Å²) in [6, 6.07) is 8.63. The van der Waals surface area contributed by atoms with E-state index in [1.54, 1.807) is 0 Å². The Bertz CT molecular complexity index is 604. The lowest BCUT2D eigenvalue weighted by atomic mass is 10.1. The number of amides is 2. The molecule has 1 atom stereocenters. The first-order valence-corrected chi connectivity index (χ1v) is 8.71. The number of hydrogen-bond acceptors (Lipinski definition) is 3. The molecule has 130 valence electrons. The van der Waals surface area contributed by atoms with Gasteiger partial charge < -0.3 is 14.7 Å². The van der Waals surface area contributed by atoms with Crippen LogP contribution in [-0.2, 0) is 22.4 Å². The van der Waals surface area contributed by atoms with Crippen LogP contribution in [0, 0.1) is 5.92 Å². The van der Waals surface area contributed by atoms with Crippen LogP contribution in [0.3, 0.4) is 0 Å². The van der Waals surface area contributed by atoms with Crippen LogP contribution >= 0.6 is 0 Å². The molecule has 1 fully saturated rings. The molecule has 0 radical (unpaired) electrons. The smallest absolute Gasteiger partial charge is 0.228 e. The number of carbonyl (C=O) groups excluding carboxylic acids is 2. The Labute approximate surface area is 144 Å². The number of likely N-dealkylation sites (tertiary alicyclic amines) is 1. The predicted octanol–water partition coefficient (Wildman–Crippen LogP) is 1.02. The average molecular weight is 329 g/mol. The molecule has 0 spiro atoms. The maximum absolute atomic E-state index is 12.8. The molecule has 0 unspecified atom stereocenters. The number of nitrogens with zero attached hydrogens (tertiary/aromatic N) is 3. The lowest BCUT2D eigenvalue weighted by Gasteiger charge is -2.27. The van der Waals surface area contributed by atoms with Crippen molar-refractivity contribution in [2.45, 2.75) is 25.3 Å². The molecule has 2 amide bonds. The van der Waals surface area contributed by atoms with E-state index in [2.05, 4.69) is 29.2 Å². The Morgan fingerprint density at radius 2 is 1.75 bits per heavy atom. The molecule has 1 aromatic rings. The second-order valence-corrected chi connectivity index (χ2v) is 7.32. The van der Waals surface area contributed by atoms with Crippen molar-refractivity contribution in [3.63, 3.8) is 0 Å². The third-order valence-electron chi connectivity index (χ3n) is 5.31. The van der Waals surface area contributed by atoms with Crippen molar-refractivity contribution in [3.05, 3.63) is 35.4 Å². The van der Waals surface area contributed by atoms with Crippen LogP contribution < -0.4 is 0 Å². The molecule has 1 saturated heterocycles. The summed E-state index contributed by atoms with van der Waals surface area (Å²) in [5.74, 6) is 0.0418. The molecule has 2 aliphatic rings. The molecule has 24 heavy (non-hydrogen) atoms. The largest absolute Gasteiger partial charge is 0.342 e. The van der Waals surface area contributed by atoms with Crippen molar-refractivity contribution < 1.29 is 9.59 Å². The maximum atomic E-state index is 12.8. The second-order valence-electron chi connectivity index (χ2n) is 7.32. The highest BCUT2D eigenvalue weighted by Gasteiger charge is 2.38. The van der Waals surface area contributed by atoms with Crippen molar-refractivity contribution >= 4 is 11.8 Å². The number of likely N-dealkylation sites (N-methyl/N-ethyl adjacent to an activating group) is 2. The van der Waals surface area contributed by atoms with E-state index in [1.165, 1.54) is 11.1 Å². The minimum absolute atomic E-state index is 0.110. The third kappa shape index (κ3) is 3.46. The first-order valence-electron chi connectivity index (χ1n) is 8.71. The molecule has 1 aliphatic carbocycles. The number of hydrogen-bond donors (Lipinski definition) is 0. The van der Waals surface area contributed by atoms with E-state index in [9.17, 15) is 9.59 Å². The number of benzene rings is 1. The zero-order valence-electron chi connectivity index (χ0n) is 14.9. The number of rotatable bonds is 5. The van der Waals surface area contributed by atoms with Gasteiger partial charge in [0.1, 0.15) is 0 Å². The number of fused-ring (bicyclic) bond motifs is 1. The van der Waals surface area contributed by atoms with Gasteiger partial charge in [-0.3, -0.25) is 9.59 Å². The Balaban J connectivity index is 1.58. The van der Waals surface area contributed by atoms with Crippen LogP contribution in [0.25, 0.3) is 0 Å². The summed E-state index contributed by atoms with van der Waals surface area (Å²) in [4.78, 5) is 30.8. The Morgan fingerprint density at radius 1 is 1.12 bits per heavy atom. The normalized spacial score (nSPS) is 20.8. The Hall–Kier alpha value is -1.88. The standard InChI is InChI=1S/C19H27N3O2/c1-20(2)8-9-22-13-16(12-18(22)23)19(24)21(3)17-10-14-6-4-5-7-15(14)11-17/h4-7,16-17H,8-13H2,1-3H3/t16-/m1/s1. The first-order chi connectivity index (χ1) is 11.5. The van der Waals surface area contributed by atoms with Crippen molar-refractivity contribution in [1.82, 2.24) is 14.7 Å². The molecule has 1 aliphatic heterocycles. The van der Waals surface area contributed by atoms with Gasteiger partial charge >= 0.3 is 0 Å². The Kier molecular flexibility index (Phi) is 4.90. The topological polar surface area (TPSA) is 43.9 Å². The predicted molar refractivity (Wildman–Crippen MR) is 93.6 cm³/mol. The summed E-state index contributed by atoms with van der Waals surface area (Å²) in [6.07, 6.45) is 2.20. The fourth-order valence-corrected chi connectivity index (χ4v) is 3.75. The highest BCUT2D eigenvalue weighted by molar-refractivity contribution is 5.89. The third-order valence-corrected chi connectivity index (χ3v) is 5.31. The molecule has 1 aromatic carbocycles. The average Bonchev–Trinajstić information content (AvgIpc) is 3.14. The highest BCUT2D eigenvalue weighted by atomic mass is 16.2. The van der Waals surface area contributed by atoms with Gasteiger partial charge in [0, 0.05) is 39.1 Å².